The van der Waals surface area contributed by atoms with E-state index >= 15 is 0 Å². The van der Waals surface area contributed by atoms with Gasteiger partial charge in [-0.2, -0.15) is 0 Å². The number of carbonyl (C=O) groups excluding carboxylic acids is 2. The largest absolute Gasteiger partial charge is 0.366 e. The monoisotopic (exact) mass is 454 g/mol. The van der Waals surface area contributed by atoms with Crippen LogP contribution in [0.25, 0.3) is 0 Å². The van der Waals surface area contributed by atoms with Gasteiger partial charge in [-0.3, -0.25) is 19.7 Å². The summed E-state index contributed by atoms with van der Waals surface area (Å²) in [5.74, 6) is -0.580. The number of nitro benzene ring substituents is 1. The second kappa shape index (κ2) is 9.97. The highest BCUT2D eigenvalue weighted by Gasteiger charge is 2.32. The average Bonchev–Trinajstić information content (AvgIpc) is 2.84. The highest BCUT2D eigenvalue weighted by molar-refractivity contribution is 5.94. The molecule has 2 amide bonds. The maximum absolute atomic E-state index is 13.0. The van der Waals surface area contributed by atoms with Crippen molar-refractivity contribution >= 4 is 23.2 Å². The minimum absolute atomic E-state index is 0.0212. The van der Waals surface area contributed by atoms with Gasteiger partial charge in [0.1, 0.15) is 11.5 Å². The van der Waals surface area contributed by atoms with Gasteiger partial charge in [-0.25, -0.2) is 4.39 Å². The molecule has 2 aliphatic heterocycles. The van der Waals surface area contributed by atoms with E-state index in [4.69, 9.17) is 0 Å². The molecule has 0 unspecified atom stereocenters. The predicted molar refractivity (Wildman–Crippen MR) is 122 cm³/mol. The van der Waals surface area contributed by atoms with Crippen LogP contribution in [0.4, 0.5) is 15.8 Å². The highest BCUT2D eigenvalue weighted by Crippen LogP contribution is 2.32. The van der Waals surface area contributed by atoms with Crippen LogP contribution in [0.2, 0.25) is 0 Å². The van der Waals surface area contributed by atoms with E-state index in [-0.39, 0.29) is 40.2 Å². The van der Waals surface area contributed by atoms with Crippen LogP contribution >= 0.6 is 0 Å². The number of nitrogens with one attached hydrogen (secondary N) is 1. The zero-order valence-corrected chi connectivity index (χ0v) is 18.3. The van der Waals surface area contributed by atoms with E-state index in [9.17, 15) is 24.1 Å². The number of nitrogens with zero attached hydrogens (tertiary/aromatic N) is 3. The van der Waals surface area contributed by atoms with Crippen molar-refractivity contribution in [3.8, 4) is 0 Å². The summed E-state index contributed by atoms with van der Waals surface area (Å²) in [5.41, 5.74) is 1.11. The van der Waals surface area contributed by atoms with Crippen molar-refractivity contribution in [1.29, 1.82) is 0 Å². The number of hydrogen-bond donors (Lipinski definition) is 1. The Morgan fingerprint density at radius 1 is 0.939 bits per heavy atom. The Kier molecular flexibility index (Phi) is 6.86. The zero-order valence-electron chi connectivity index (χ0n) is 18.3. The number of para-hydroxylation sites is 2. The summed E-state index contributed by atoms with van der Waals surface area (Å²) in [7, 11) is 0. The van der Waals surface area contributed by atoms with E-state index in [1.165, 1.54) is 30.3 Å². The third-order valence-corrected chi connectivity index (χ3v) is 6.51. The summed E-state index contributed by atoms with van der Waals surface area (Å²) in [5, 5.41) is 14.3. The van der Waals surface area contributed by atoms with Crippen LogP contribution in [0.3, 0.4) is 0 Å². The molecule has 2 aromatic carbocycles. The molecule has 33 heavy (non-hydrogen) atoms. The average molecular weight is 455 g/mol. The summed E-state index contributed by atoms with van der Waals surface area (Å²) in [6.07, 6.45) is 2.67. The molecular weight excluding hydrogens is 427 g/mol. The molecule has 8 nitrogen and oxygen atoms in total. The van der Waals surface area contributed by atoms with E-state index in [1.807, 2.05) is 9.80 Å². The van der Waals surface area contributed by atoms with Gasteiger partial charge < -0.3 is 15.1 Å². The maximum atomic E-state index is 13.0. The lowest BCUT2D eigenvalue weighted by Gasteiger charge is -2.38. The third-order valence-electron chi connectivity index (χ3n) is 6.51. The summed E-state index contributed by atoms with van der Waals surface area (Å²) >= 11 is 0. The quantitative estimate of drug-likeness (QED) is 0.552. The molecule has 4 rings (SSSR count). The molecule has 1 N–H and O–H groups in total. The van der Waals surface area contributed by atoms with Crippen molar-refractivity contribution in [2.75, 3.05) is 31.1 Å². The maximum Gasteiger partial charge on any atom is 0.292 e. The number of likely N-dealkylation sites (tertiary alicyclic amines) is 1. The van der Waals surface area contributed by atoms with Crippen LogP contribution in [0, 0.1) is 21.8 Å². The van der Waals surface area contributed by atoms with Gasteiger partial charge in [0.15, 0.2) is 0 Å². The lowest BCUT2D eigenvalue weighted by molar-refractivity contribution is -0.384. The number of rotatable bonds is 5. The lowest BCUT2D eigenvalue weighted by Crippen LogP contribution is -2.49. The molecule has 9 heteroatoms. The number of benzene rings is 2. The first kappa shape index (κ1) is 22.7. The first-order valence-electron chi connectivity index (χ1n) is 11.3. The molecule has 0 atom stereocenters. The van der Waals surface area contributed by atoms with E-state index in [0.717, 1.165) is 0 Å². The van der Waals surface area contributed by atoms with Crippen molar-refractivity contribution in [2.24, 2.45) is 5.92 Å². The smallest absolute Gasteiger partial charge is 0.292 e. The summed E-state index contributed by atoms with van der Waals surface area (Å²) in [6, 6.07) is 12.1. The first-order valence-corrected chi connectivity index (χ1v) is 11.3. The molecule has 2 saturated heterocycles. The standard InChI is InChI=1S/C24H27FN4O4/c25-19-7-5-17(6-8-19)23(30)26-20-11-15-28(16-12-20)24(31)18-9-13-27(14-10-18)21-3-1-2-4-22(21)29(32)33/h1-8,18,20H,9-16H2,(H,26,30). The fourth-order valence-electron chi connectivity index (χ4n) is 4.63. The Morgan fingerprint density at radius 2 is 1.58 bits per heavy atom. The highest BCUT2D eigenvalue weighted by atomic mass is 19.1. The Labute approximate surface area is 191 Å². The Morgan fingerprint density at radius 3 is 2.21 bits per heavy atom. The molecule has 2 fully saturated rings. The van der Waals surface area contributed by atoms with Crippen molar-refractivity contribution in [3.05, 3.63) is 70.0 Å². The second-order valence-electron chi connectivity index (χ2n) is 8.59. The number of halogens is 1. The first-order chi connectivity index (χ1) is 15.9. The number of hydrogen-bond acceptors (Lipinski definition) is 5. The predicted octanol–water partition coefficient (Wildman–Crippen LogP) is 3.37. The Hall–Kier alpha value is -3.49. The van der Waals surface area contributed by atoms with Crippen LogP contribution in [0.1, 0.15) is 36.0 Å². The summed E-state index contributed by atoms with van der Waals surface area (Å²) in [4.78, 5) is 40.2. The number of amides is 2. The molecule has 0 bridgehead atoms. The number of anilines is 1. The molecule has 2 aliphatic rings. The molecule has 0 aliphatic carbocycles. The Balaban J connectivity index is 1.25. The number of nitro groups is 1. The van der Waals surface area contributed by atoms with Gasteiger partial charge in [-0.1, -0.05) is 12.1 Å². The van der Waals surface area contributed by atoms with Gasteiger partial charge in [0.2, 0.25) is 5.91 Å². The molecule has 2 aromatic rings. The lowest BCUT2D eigenvalue weighted by atomic mass is 9.93. The molecule has 0 spiro atoms. The topological polar surface area (TPSA) is 95.8 Å². The number of piperidine rings is 2. The van der Waals surface area contributed by atoms with E-state index in [2.05, 4.69) is 5.32 Å². The van der Waals surface area contributed by atoms with Gasteiger partial charge in [-0.05, 0) is 56.0 Å². The fourth-order valence-corrected chi connectivity index (χ4v) is 4.63. The molecule has 174 valence electrons. The normalized spacial score (nSPS) is 17.6. The molecular formula is C24H27FN4O4. The Bertz CT molecular complexity index is 1010. The summed E-state index contributed by atoms with van der Waals surface area (Å²) in [6.45, 7) is 2.37. The third kappa shape index (κ3) is 5.30. The minimum atomic E-state index is -0.383. The van der Waals surface area contributed by atoms with Crippen molar-refractivity contribution in [1.82, 2.24) is 10.2 Å². The minimum Gasteiger partial charge on any atom is -0.366 e. The second-order valence-corrected chi connectivity index (χ2v) is 8.59. The van der Waals surface area contributed by atoms with E-state index < -0.39 is 0 Å². The van der Waals surface area contributed by atoms with Gasteiger partial charge in [0.25, 0.3) is 11.6 Å². The van der Waals surface area contributed by atoms with E-state index in [0.29, 0.717) is 63.1 Å². The van der Waals surface area contributed by atoms with Crippen LogP contribution in [0.5, 0.6) is 0 Å². The SMILES string of the molecule is O=C(NC1CCN(C(=O)C2CCN(c3ccccc3[N+](=O)[O-])CC2)CC1)c1ccc(F)cc1. The number of carbonyl (C=O) groups is 2. The van der Waals surface area contributed by atoms with Crippen molar-refractivity contribution in [3.63, 3.8) is 0 Å². The fraction of sp³-hybridized carbons (Fsp3) is 0.417. The van der Waals surface area contributed by atoms with Gasteiger partial charge in [0.05, 0.1) is 4.92 Å². The summed E-state index contributed by atoms with van der Waals surface area (Å²) < 4.78 is 13.0. The van der Waals surface area contributed by atoms with Crippen molar-refractivity contribution in [2.45, 2.75) is 31.7 Å². The van der Waals surface area contributed by atoms with E-state index in [1.54, 1.807) is 18.2 Å². The van der Waals surface area contributed by atoms with Crippen LogP contribution in [-0.2, 0) is 4.79 Å². The van der Waals surface area contributed by atoms with Gasteiger partial charge in [-0.15, -0.1) is 0 Å². The molecule has 0 aromatic heterocycles. The zero-order chi connectivity index (χ0) is 23.4. The molecule has 0 saturated carbocycles. The van der Waals surface area contributed by atoms with Gasteiger partial charge in [0, 0.05) is 49.8 Å². The van der Waals surface area contributed by atoms with Crippen LogP contribution in [-0.4, -0.2) is 53.9 Å². The molecule has 2 heterocycles. The van der Waals surface area contributed by atoms with Crippen molar-refractivity contribution < 1.29 is 18.9 Å². The van der Waals surface area contributed by atoms with Gasteiger partial charge >= 0.3 is 0 Å². The van der Waals surface area contributed by atoms with Crippen LogP contribution < -0.4 is 10.2 Å². The van der Waals surface area contributed by atoms with Crippen LogP contribution in [0.15, 0.2) is 48.5 Å². The molecule has 0 radical (unpaired) electrons.